The molecule has 0 aromatic heterocycles. The van der Waals surface area contributed by atoms with Gasteiger partial charge in [-0.1, -0.05) is 22.3 Å². The van der Waals surface area contributed by atoms with Crippen LogP contribution >= 0.6 is 0 Å². The molecule has 0 spiro atoms. The van der Waals surface area contributed by atoms with E-state index in [4.69, 9.17) is 5.94 Å². The van der Waals surface area contributed by atoms with Crippen molar-refractivity contribution in [3.63, 3.8) is 0 Å². The van der Waals surface area contributed by atoms with Gasteiger partial charge in [0.25, 0.3) is 0 Å². The normalized spacial score (nSPS) is 2.67. The Morgan fingerprint density at radius 3 is 1.00 bits per heavy atom. The molecule has 0 aliphatic heterocycles. The Labute approximate surface area is 106 Å². The predicted octanol–water partition coefficient (Wildman–Crippen LogP) is -1.60. The predicted molar refractivity (Wildman–Crippen MR) is 30.0 cm³/mol. The maximum absolute atomic E-state index is 5.00. The Balaban J connectivity index is -0.000000000833. The Kier molecular flexibility index (Phi) is 262. The van der Waals surface area contributed by atoms with Gasteiger partial charge in [-0.05, 0) is 0 Å². The average Bonchev–Trinajstić information content (AvgIpc) is 1.50. The largest absolute Gasteiger partial charge is 1.00 e. The molecule has 0 rings (SSSR count). The molecule has 0 unspecified atom stereocenters. The number of hydrogen-bond donors (Lipinski definition) is 0. The van der Waals surface area contributed by atoms with Crippen LogP contribution in [0.5, 0.6) is 0 Å². The first kappa shape index (κ1) is 24.6. The molecule has 2 nitrogen and oxygen atoms in total. The van der Waals surface area contributed by atoms with Crippen LogP contribution in [0.4, 0.5) is 0 Å². The summed E-state index contributed by atoms with van der Waals surface area (Å²) in [7, 11) is 0. The van der Waals surface area contributed by atoms with E-state index in [1.165, 1.54) is 0 Å². The van der Waals surface area contributed by atoms with Crippen molar-refractivity contribution in [1.82, 2.24) is 0 Å². The van der Waals surface area contributed by atoms with Crippen molar-refractivity contribution < 1.29 is 85.8 Å². The topological polar surface area (TPSA) is 61.5 Å². The number of rotatable bonds is 0. The smallest absolute Gasteiger partial charge is 0.870 e. The van der Waals surface area contributed by atoms with Crippen molar-refractivity contribution in [2.45, 2.75) is 22.3 Å². The molecule has 6 heavy (non-hydrogen) atoms. The zero-order valence-corrected chi connectivity index (χ0v) is 8.23. The standard InChI is InChI=1S/3CH4.Cs.2H2O.2H2/h3*1H4;;2*1H2;2*1H/q;;;+1;;;;/p-1/i;;;;;;2*1+1D. The minimum atomic E-state index is 0. The molecule has 0 aliphatic carbocycles. The molecule has 44 valence electrons. The molecule has 0 aromatic rings. The molecule has 0 radical (unpaired) electrons. The Morgan fingerprint density at radius 2 is 1.00 bits per heavy atom. The monoisotopic (exact) mass is 224 g/mol. The molecular weight excluding hydrogens is 201 g/mol. The summed E-state index contributed by atoms with van der Waals surface area (Å²) in [5, 5.41) is 0. The van der Waals surface area contributed by atoms with Crippen LogP contribution in [0.1, 0.15) is 28.2 Å². The van der Waals surface area contributed by atoms with E-state index in [2.05, 4.69) is 0 Å². The Hall–Kier alpha value is 1.97. The van der Waals surface area contributed by atoms with Crippen molar-refractivity contribution in [3.05, 3.63) is 0 Å². The van der Waals surface area contributed by atoms with Crippen LogP contribution in [0.25, 0.3) is 0 Å². The summed E-state index contributed by atoms with van der Waals surface area (Å²) in [6.45, 7) is 0. The molecule has 0 heterocycles. The van der Waals surface area contributed by atoms with Crippen molar-refractivity contribution in [3.8, 4) is 0 Å². The first-order valence-corrected chi connectivity index (χ1v) is 0. The van der Waals surface area contributed by atoms with E-state index in [9.17, 15) is 0 Å². The van der Waals surface area contributed by atoms with Crippen LogP contribution in [-0.4, -0.2) is 11.0 Å². The molecule has 0 amide bonds. The molecule has 0 fully saturated rings. The first-order chi connectivity index (χ1) is 2.00. The van der Waals surface area contributed by atoms with Gasteiger partial charge in [0.2, 0.25) is 0 Å². The molecule has 0 saturated carbocycles. The van der Waals surface area contributed by atoms with E-state index in [0.29, 0.717) is 0 Å². The summed E-state index contributed by atoms with van der Waals surface area (Å²) in [5.41, 5.74) is 0. The summed E-state index contributed by atoms with van der Waals surface area (Å²) in [4.78, 5) is 0. The van der Waals surface area contributed by atoms with Crippen molar-refractivity contribution in [2.24, 2.45) is 0 Å². The Bertz CT molecular complexity index is 18.5. The average molecular weight is 224 g/mol. The summed E-state index contributed by atoms with van der Waals surface area (Å²) in [5.74, 6) is 0. The zero-order valence-electron chi connectivity index (χ0n) is 5.95. The minimum Gasteiger partial charge on any atom is -0.870 e. The third-order valence-electron chi connectivity index (χ3n) is 0. The third kappa shape index (κ3) is 38.0. The fourth-order valence-corrected chi connectivity index (χ4v) is 0. The van der Waals surface area contributed by atoms with Gasteiger partial charge in [-0.3, -0.25) is 0 Å². The molecular formula is C3H19CsO2. The Morgan fingerprint density at radius 1 is 1.00 bits per heavy atom. The second kappa shape index (κ2) is 63.9. The number of hydrogen-bond acceptors (Lipinski definition) is 1. The summed E-state index contributed by atoms with van der Waals surface area (Å²) in [6, 6.07) is 0. The van der Waals surface area contributed by atoms with E-state index in [-0.39, 0.29) is 102 Å². The first-order valence-electron chi connectivity index (χ1n) is 2.00. The molecule has 3 N–H and O–H groups in total. The van der Waals surface area contributed by atoms with Gasteiger partial charge < -0.3 is 11.0 Å². The van der Waals surface area contributed by atoms with Crippen LogP contribution in [0.3, 0.4) is 0 Å². The van der Waals surface area contributed by atoms with Gasteiger partial charge in [0, 0.05) is 5.94 Å². The molecule has 0 aliphatic rings. The molecule has 0 aromatic carbocycles. The fourth-order valence-electron chi connectivity index (χ4n) is 0. The van der Waals surface area contributed by atoms with E-state index in [1.54, 1.807) is 0 Å². The quantitative estimate of drug-likeness (QED) is 0.489. The maximum Gasteiger partial charge on any atom is 1.00 e. The maximum atomic E-state index is 5.00. The van der Waals surface area contributed by atoms with Gasteiger partial charge >= 0.3 is 68.9 Å². The van der Waals surface area contributed by atoms with Crippen molar-refractivity contribution in [1.29, 1.82) is 0 Å². The SMILES string of the molecule is C.C.C.O.[2H][2H].[2H][2H].[Cs+].[OH-]. The van der Waals surface area contributed by atoms with Crippen LogP contribution < -0.4 is 68.9 Å². The second-order valence-electron chi connectivity index (χ2n) is 0. The third-order valence-corrected chi connectivity index (χ3v) is 0. The molecule has 0 saturated heterocycles. The second-order valence-corrected chi connectivity index (χ2v) is 0. The van der Waals surface area contributed by atoms with Crippen LogP contribution in [0.15, 0.2) is 0 Å². The zero-order chi connectivity index (χ0) is 4.00. The molecule has 3 heteroatoms. The van der Waals surface area contributed by atoms with Gasteiger partial charge in [0.1, 0.15) is 0 Å². The van der Waals surface area contributed by atoms with E-state index in [1.807, 2.05) is 0 Å². The molecule has 0 atom stereocenters. The fraction of sp³-hybridized carbons (Fsp3) is 1.00. The minimum absolute atomic E-state index is 0. The van der Waals surface area contributed by atoms with Gasteiger partial charge in [-0.25, -0.2) is 0 Å². The van der Waals surface area contributed by atoms with Crippen LogP contribution in [0.2, 0.25) is 0 Å². The summed E-state index contributed by atoms with van der Waals surface area (Å²) < 4.78 is 20.0. The summed E-state index contributed by atoms with van der Waals surface area (Å²) in [6.07, 6.45) is 0. The van der Waals surface area contributed by atoms with Crippen LogP contribution in [-0.2, 0) is 0 Å². The van der Waals surface area contributed by atoms with Gasteiger partial charge in [0.15, 0.2) is 0 Å². The van der Waals surface area contributed by atoms with Crippen molar-refractivity contribution in [2.75, 3.05) is 0 Å². The van der Waals surface area contributed by atoms with E-state index < -0.39 is 0 Å². The summed E-state index contributed by atoms with van der Waals surface area (Å²) >= 11 is 0. The molecule has 0 bridgehead atoms. The van der Waals surface area contributed by atoms with Gasteiger partial charge in [-0.2, -0.15) is 0 Å². The van der Waals surface area contributed by atoms with E-state index >= 15 is 0 Å². The van der Waals surface area contributed by atoms with Gasteiger partial charge in [-0.15, -0.1) is 0 Å². The van der Waals surface area contributed by atoms with E-state index in [0.717, 1.165) is 0 Å². The van der Waals surface area contributed by atoms with Crippen molar-refractivity contribution >= 4 is 0 Å². The van der Waals surface area contributed by atoms with Gasteiger partial charge in [0.05, 0.1) is 0 Å². The van der Waals surface area contributed by atoms with Crippen LogP contribution in [0, 0.1) is 0 Å².